The Hall–Kier alpha value is -2.57. The molecule has 0 radical (unpaired) electrons. The lowest BCUT2D eigenvalue weighted by Gasteiger charge is -2.06. The number of rotatable bonds is 6. The maximum Gasteiger partial charge on any atom is 0.440 e. The topological polar surface area (TPSA) is 88.2 Å². The quantitative estimate of drug-likeness (QED) is 0.619. The van der Waals surface area contributed by atoms with Crippen molar-refractivity contribution in [1.82, 2.24) is 5.27 Å². The second-order valence-electron chi connectivity index (χ2n) is 4.57. The third-order valence-electron chi connectivity index (χ3n) is 2.90. The highest BCUT2D eigenvalue weighted by molar-refractivity contribution is 6.01. The fourth-order valence-electron chi connectivity index (χ4n) is 1.74. The molecule has 0 aliphatic heterocycles. The number of aromatic amines is 1. The Morgan fingerprint density at radius 1 is 1.38 bits per heavy atom. The van der Waals surface area contributed by atoms with Crippen molar-refractivity contribution in [1.29, 1.82) is 0 Å². The fourth-order valence-corrected chi connectivity index (χ4v) is 1.74. The first-order chi connectivity index (χ1) is 10.1. The van der Waals surface area contributed by atoms with Crippen LogP contribution in [0.15, 0.2) is 33.6 Å². The number of unbranched alkanes of at least 4 members (excludes halogenated alkanes) is 1. The summed E-state index contributed by atoms with van der Waals surface area (Å²) in [7, 11) is 1.52. The minimum atomic E-state index is -0.713. The van der Waals surface area contributed by atoms with Crippen molar-refractivity contribution in [3.05, 3.63) is 40.4 Å². The van der Waals surface area contributed by atoms with Gasteiger partial charge in [-0.15, -0.1) is 0 Å². The summed E-state index contributed by atoms with van der Waals surface area (Å²) in [6.45, 7) is 2.77. The van der Waals surface area contributed by atoms with Crippen molar-refractivity contribution in [3.63, 3.8) is 0 Å². The van der Waals surface area contributed by atoms with Gasteiger partial charge in [0.2, 0.25) is 0 Å². The van der Waals surface area contributed by atoms with Crippen molar-refractivity contribution in [2.24, 2.45) is 7.05 Å². The molecule has 0 aliphatic carbocycles. The molecule has 0 fully saturated rings. The number of aromatic nitrogens is 2. The highest BCUT2D eigenvalue weighted by Crippen LogP contribution is 2.16. The van der Waals surface area contributed by atoms with E-state index in [1.54, 1.807) is 24.3 Å². The molecular formula is C14H18N3O4+. The van der Waals surface area contributed by atoms with Gasteiger partial charge < -0.3 is 10.1 Å². The third-order valence-corrected chi connectivity index (χ3v) is 2.90. The van der Waals surface area contributed by atoms with Crippen LogP contribution in [0.5, 0.6) is 5.75 Å². The Morgan fingerprint density at radius 2 is 2.10 bits per heavy atom. The van der Waals surface area contributed by atoms with Gasteiger partial charge in [-0.2, -0.15) is 0 Å². The van der Waals surface area contributed by atoms with Gasteiger partial charge in [0.05, 0.1) is 6.61 Å². The summed E-state index contributed by atoms with van der Waals surface area (Å²) in [5.41, 5.74) is -0.240. The lowest BCUT2D eigenvalue weighted by atomic mass is 10.3. The highest BCUT2D eigenvalue weighted by atomic mass is 16.5. The van der Waals surface area contributed by atoms with E-state index >= 15 is 0 Å². The molecule has 1 aromatic carbocycles. The summed E-state index contributed by atoms with van der Waals surface area (Å²) in [5, 5.41) is 4.91. The maximum absolute atomic E-state index is 12.0. The number of ether oxygens (including phenoxy) is 1. The first-order valence-electron chi connectivity index (χ1n) is 6.73. The Labute approximate surface area is 121 Å². The smallest absolute Gasteiger partial charge is 0.440 e. The van der Waals surface area contributed by atoms with Gasteiger partial charge in [-0.3, -0.25) is 9.32 Å². The molecule has 112 valence electrons. The van der Waals surface area contributed by atoms with E-state index < -0.39 is 11.5 Å². The lowest BCUT2D eigenvalue weighted by molar-refractivity contribution is -0.741. The highest BCUT2D eigenvalue weighted by Gasteiger charge is 2.26. The number of benzene rings is 1. The minimum Gasteiger partial charge on any atom is -0.494 e. The zero-order chi connectivity index (χ0) is 15.2. The van der Waals surface area contributed by atoms with E-state index in [0.29, 0.717) is 12.3 Å². The van der Waals surface area contributed by atoms with Crippen molar-refractivity contribution >= 4 is 11.6 Å². The second-order valence-corrected chi connectivity index (χ2v) is 4.57. The molecule has 0 bridgehead atoms. The predicted octanol–water partition coefficient (Wildman–Crippen LogP) is 1.22. The average molecular weight is 292 g/mol. The number of hydrogen-bond donors (Lipinski definition) is 2. The van der Waals surface area contributed by atoms with E-state index in [-0.39, 0.29) is 5.69 Å². The van der Waals surface area contributed by atoms with Crippen LogP contribution in [0.2, 0.25) is 0 Å². The van der Waals surface area contributed by atoms with Gasteiger partial charge in [-0.25, -0.2) is 4.79 Å². The molecule has 7 heteroatoms. The van der Waals surface area contributed by atoms with Crippen molar-refractivity contribution in [2.75, 3.05) is 11.9 Å². The third kappa shape index (κ3) is 3.71. The number of amides is 1. The minimum absolute atomic E-state index is 0.0988. The van der Waals surface area contributed by atoms with Crippen LogP contribution in [0, 0.1) is 0 Å². The molecule has 0 unspecified atom stereocenters. The van der Waals surface area contributed by atoms with Crippen molar-refractivity contribution in [2.45, 2.75) is 19.8 Å². The monoisotopic (exact) mass is 292 g/mol. The average Bonchev–Trinajstić information content (AvgIpc) is 2.80. The molecular weight excluding hydrogens is 274 g/mol. The normalized spacial score (nSPS) is 10.4. The van der Waals surface area contributed by atoms with E-state index in [4.69, 9.17) is 4.74 Å². The van der Waals surface area contributed by atoms with Crippen molar-refractivity contribution in [3.8, 4) is 5.75 Å². The summed E-state index contributed by atoms with van der Waals surface area (Å²) in [5.74, 6) is 0.209. The lowest BCUT2D eigenvalue weighted by Crippen LogP contribution is -2.41. The number of carbonyl (C=O) groups excluding carboxylic acids is 1. The van der Waals surface area contributed by atoms with Crippen LogP contribution in [0.1, 0.15) is 30.3 Å². The first-order valence-corrected chi connectivity index (χ1v) is 6.73. The van der Waals surface area contributed by atoms with E-state index in [1.807, 2.05) is 0 Å². The van der Waals surface area contributed by atoms with Crippen LogP contribution in [0.25, 0.3) is 0 Å². The molecule has 1 aromatic heterocycles. The van der Waals surface area contributed by atoms with Crippen LogP contribution in [0.4, 0.5) is 5.69 Å². The second kappa shape index (κ2) is 6.74. The van der Waals surface area contributed by atoms with E-state index in [1.165, 1.54) is 11.7 Å². The molecule has 2 aromatic rings. The Bertz CT molecular complexity index is 658. The summed E-state index contributed by atoms with van der Waals surface area (Å²) < 4.78 is 11.3. The van der Waals surface area contributed by atoms with Gasteiger partial charge >= 0.3 is 17.2 Å². The SMILES string of the molecule is CCCCOc1ccc(NC(=O)c2c(=O)o[nH][n+]2C)cc1. The molecule has 0 saturated carbocycles. The molecule has 2 N–H and O–H groups in total. The molecule has 0 spiro atoms. The summed E-state index contributed by atoms with van der Waals surface area (Å²) >= 11 is 0. The summed E-state index contributed by atoms with van der Waals surface area (Å²) in [4.78, 5) is 23.3. The van der Waals surface area contributed by atoms with E-state index in [2.05, 4.69) is 22.0 Å². The van der Waals surface area contributed by atoms with Crippen molar-refractivity contribution < 1.29 is 18.7 Å². The Balaban J connectivity index is 2.00. The number of aryl methyl sites for hydroxylation is 1. The van der Waals surface area contributed by atoms with Gasteiger partial charge in [0, 0.05) is 5.69 Å². The molecule has 0 aliphatic rings. The Kier molecular flexibility index (Phi) is 4.76. The largest absolute Gasteiger partial charge is 0.494 e. The van der Waals surface area contributed by atoms with Gasteiger partial charge in [0.1, 0.15) is 5.75 Å². The van der Waals surface area contributed by atoms with Crippen LogP contribution in [-0.4, -0.2) is 17.8 Å². The number of H-pyrrole nitrogens is 1. The van der Waals surface area contributed by atoms with Gasteiger partial charge in [-0.05, 0) is 36.0 Å². The van der Waals surface area contributed by atoms with Gasteiger partial charge in [0.25, 0.3) is 0 Å². The van der Waals surface area contributed by atoms with Gasteiger partial charge in [-0.1, -0.05) is 18.0 Å². The molecule has 0 saturated heterocycles. The fraction of sp³-hybridized carbons (Fsp3) is 0.357. The van der Waals surface area contributed by atoms with Crippen LogP contribution >= 0.6 is 0 Å². The van der Waals surface area contributed by atoms with Crippen LogP contribution in [0.3, 0.4) is 0 Å². The van der Waals surface area contributed by atoms with Crippen LogP contribution in [-0.2, 0) is 7.05 Å². The molecule has 2 rings (SSSR count). The summed E-state index contributed by atoms with van der Waals surface area (Å²) in [6, 6.07) is 6.97. The van der Waals surface area contributed by atoms with E-state index in [0.717, 1.165) is 18.6 Å². The zero-order valence-corrected chi connectivity index (χ0v) is 12.0. The first kappa shape index (κ1) is 14.8. The van der Waals surface area contributed by atoms with Crippen LogP contribution < -0.4 is 20.4 Å². The van der Waals surface area contributed by atoms with Gasteiger partial charge in [0.15, 0.2) is 7.05 Å². The number of hydrogen-bond acceptors (Lipinski definition) is 4. The molecule has 7 nitrogen and oxygen atoms in total. The molecule has 1 heterocycles. The standard InChI is InChI=1S/C14H17N3O4/c1-3-4-9-20-11-7-5-10(6-8-11)15-13(18)12-14(19)21-16-17(12)2/h5-8H,3-4,9H2,1-2H3,(H-,15,16,18,19)/p+1. The van der Waals surface area contributed by atoms with E-state index in [9.17, 15) is 9.59 Å². The molecule has 1 amide bonds. The zero-order valence-electron chi connectivity index (χ0n) is 12.0. The number of anilines is 1. The number of carbonyl (C=O) groups is 1. The maximum atomic E-state index is 12.0. The predicted molar refractivity (Wildman–Crippen MR) is 75.3 cm³/mol. The molecule has 21 heavy (non-hydrogen) atoms. The Morgan fingerprint density at radius 3 is 2.67 bits per heavy atom. The summed E-state index contributed by atoms with van der Waals surface area (Å²) in [6.07, 6.45) is 2.07. The number of nitrogens with zero attached hydrogens (tertiary/aromatic N) is 1. The number of nitrogens with one attached hydrogen (secondary N) is 2. The molecule has 0 atom stereocenters.